The summed E-state index contributed by atoms with van der Waals surface area (Å²) >= 11 is 0. The van der Waals surface area contributed by atoms with Gasteiger partial charge in [0.15, 0.2) is 0 Å². The number of amides is 1. The Morgan fingerprint density at radius 1 is 1.04 bits per heavy atom. The van der Waals surface area contributed by atoms with Crippen molar-refractivity contribution >= 4 is 11.6 Å². The summed E-state index contributed by atoms with van der Waals surface area (Å²) in [6.07, 6.45) is 8.50. The molecule has 0 atom stereocenters. The molecule has 1 saturated carbocycles. The molecule has 2 aliphatic rings. The van der Waals surface area contributed by atoms with E-state index in [2.05, 4.69) is 10.6 Å². The number of rotatable bonds is 5. The predicted octanol–water partition coefficient (Wildman–Crippen LogP) is 3.58. The standard InChI is InChI=1S/C19H28N2O2/c22-19(16-10-12-20-13-11-16)21-17-6-8-18(9-7-17)23-14-15-4-2-1-3-5-15/h6-9,15-16,20H,1-5,10-14H2,(H,21,22). The molecule has 3 rings (SSSR count). The van der Waals surface area contributed by atoms with Crippen LogP contribution in [0.4, 0.5) is 5.69 Å². The number of piperidine rings is 1. The summed E-state index contributed by atoms with van der Waals surface area (Å²) in [6, 6.07) is 7.80. The van der Waals surface area contributed by atoms with Crippen LogP contribution in [0.1, 0.15) is 44.9 Å². The van der Waals surface area contributed by atoms with E-state index in [1.165, 1.54) is 32.1 Å². The van der Waals surface area contributed by atoms with E-state index in [1.54, 1.807) is 0 Å². The highest BCUT2D eigenvalue weighted by Gasteiger charge is 2.20. The molecule has 0 unspecified atom stereocenters. The fourth-order valence-electron chi connectivity index (χ4n) is 3.53. The van der Waals surface area contributed by atoms with Gasteiger partial charge in [-0.1, -0.05) is 19.3 Å². The topological polar surface area (TPSA) is 50.4 Å². The maximum Gasteiger partial charge on any atom is 0.227 e. The molecular formula is C19H28N2O2. The van der Waals surface area contributed by atoms with Gasteiger partial charge in [0.2, 0.25) is 5.91 Å². The highest BCUT2D eigenvalue weighted by molar-refractivity contribution is 5.92. The summed E-state index contributed by atoms with van der Waals surface area (Å²) in [7, 11) is 0. The molecule has 0 spiro atoms. The van der Waals surface area contributed by atoms with Crippen LogP contribution in [-0.2, 0) is 4.79 Å². The van der Waals surface area contributed by atoms with Crippen LogP contribution in [0.3, 0.4) is 0 Å². The van der Waals surface area contributed by atoms with Crippen molar-refractivity contribution in [3.8, 4) is 5.75 Å². The van der Waals surface area contributed by atoms with Gasteiger partial charge < -0.3 is 15.4 Å². The Morgan fingerprint density at radius 2 is 1.74 bits per heavy atom. The average Bonchev–Trinajstić information content (AvgIpc) is 2.63. The summed E-state index contributed by atoms with van der Waals surface area (Å²) in [5.74, 6) is 1.89. The van der Waals surface area contributed by atoms with E-state index in [0.29, 0.717) is 5.92 Å². The van der Waals surface area contributed by atoms with Crippen LogP contribution in [0.25, 0.3) is 0 Å². The second-order valence-electron chi connectivity index (χ2n) is 6.85. The summed E-state index contributed by atoms with van der Waals surface area (Å²) in [4.78, 5) is 12.2. The smallest absolute Gasteiger partial charge is 0.227 e. The minimum atomic E-state index is 0.137. The van der Waals surface area contributed by atoms with Crippen molar-refractivity contribution in [3.05, 3.63) is 24.3 Å². The lowest BCUT2D eigenvalue weighted by Gasteiger charge is -2.22. The fraction of sp³-hybridized carbons (Fsp3) is 0.632. The molecule has 1 heterocycles. The number of benzene rings is 1. The minimum Gasteiger partial charge on any atom is -0.493 e. The van der Waals surface area contributed by atoms with Gasteiger partial charge in [-0.3, -0.25) is 4.79 Å². The molecular weight excluding hydrogens is 288 g/mol. The van der Waals surface area contributed by atoms with E-state index in [9.17, 15) is 4.79 Å². The van der Waals surface area contributed by atoms with Crippen LogP contribution in [0.2, 0.25) is 0 Å². The minimum absolute atomic E-state index is 0.137. The molecule has 4 nitrogen and oxygen atoms in total. The number of ether oxygens (including phenoxy) is 1. The van der Waals surface area contributed by atoms with Crippen molar-refractivity contribution in [2.75, 3.05) is 25.0 Å². The second-order valence-corrected chi connectivity index (χ2v) is 6.85. The van der Waals surface area contributed by atoms with Gasteiger partial charge >= 0.3 is 0 Å². The predicted molar refractivity (Wildman–Crippen MR) is 92.7 cm³/mol. The van der Waals surface area contributed by atoms with E-state index >= 15 is 0 Å². The lowest BCUT2D eigenvalue weighted by Crippen LogP contribution is -2.34. The molecule has 1 aromatic carbocycles. The number of nitrogens with one attached hydrogen (secondary N) is 2. The lowest BCUT2D eigenvalue weighted by atomic mass is 9.90. The van der Waals surface area contributed by atoms with Crippen LogP contribution < -0.4 is 15.4 Å². The highest BCUT2D eigenvalue weighted by Crippen LogP contribution is 2.25. The molecule has 1 aromatic rings. The van der Waals surface area contributed by atoms with E-state index in [-0.39, 0.29) is 11.8 Å². The van der Waals surface area contributed by atoms with Crippen molar-refractivity contribution in [1.82, 2.24) is 5.32 Å². The van der Waals surface area contributed by atoms with Gasteiger partial charge in [-0.05, 0) is 69.0 Å². The van der Waals surface area contributed by atoms with E-state index in [1.807, 2.05) is 24.3 Å². The number of carbonyl (C=O) groups is 1. The first kappa shape index (κ1) is 16.3. The summed E-state index contributed by atoms with van der Waals surface area (Å²) in [6.45, 7) is 2.69. The summed E-state index contributed by atoms with van der Waals surface area (Å²) < 4.78 is 5.90. The molecule has 0 bridgehead atoms. The first-order chi connectivity index (χ1) is 11.3. The molecule has 1 aliphatic carbocycles. The van der Waals surface area contributed by atoms with Crippen molar-refractivity contribution in [1.29, 1.82) is 0 Å². The first-order valence-electron chi connectivity index (χ1n) is 9.06. The monoisotopic (exact) mass is 316 g/mol. The second kappa shape index (κ2) is 8.34. The third kappa shape index (κ3) is 4.96. The Labute approximate surface area is 139 Å². The Balaban J connectivity index is 1.45. The molecule has 1 saturated heterocycles. The van der Waals surface area contributed by atoms with Crippen LogP contribution in [0.15, 0.2) is 24.3 Å². The summed E-state index contributed by atoms with van der Waals surface area (Å²) in [5.41, 5.74) is 0.860. The van der Waals surface area contributed by atoms with E-state index in [0.717, 1.165) is 44.0 Å². The number of hydrogen-bond acceptors (Lipinski definition) is 3. The van der Waals surface area contributed by atoms with Crippen LogP contribution in [0.5, 0.6) is 5.75 Å². The number of carbonyl (C=O) groups excluding carboxylic acids is 1. The van der Waals surface area contributed by atoms with Crippen LogP contribution >= 0.6 is 0 Å². The maximum atomic E-state index is 12.2. The molecule has 126 valence electrons. The van der Waals surface area contributed by atoms with E-state index in [4.69, 9.17) is 4.74 Å². The molecule has 2 N–H and O–H groups in total. The van der Waals surface area contributed by atoms with Gasteiger partial charge in [-0.2, -0.15) is 0 Å². The highest BCUT2D eigenvalue weighted by atomic mass is 16.5. The molecule has 0 radical (unpaired) electrons. The maximum absolute atomic E-state index is 12.2. The van der Waals surface area contributed by atoms with Crippen molar-refractivity contribution in [2.24, 2.45) is 11.8 Å². The third-order valence-electron chi connectivity index (χ3n) is 5.04. The number of anilines is 1. The molecule has 23 heavy (non-hydrogen) atoms. The number of hydrogen-bond donors (Lipinski definition) is 2. The van der Waals surface area contributed by atoms with Gasteiger partial charge in [-0.25, -0.2) is 0 Å². The molecule has 1 amide bonds. The zero-order valence-electron chi connectivity index (χ0n) is 13.9. The Hall–Kier alpha value is -1.55. The lowest BCUT2D eigenvalue weighted by molar-refractivity contribution is -0.120. The van der Waals surface area contributed by atoms with Gasteiger partial charge in [0.1, 0.15) is 5.75 Å². The van der Waals surface area contributed by atoms with Crippen molar-refractivity contribution in [2.45, 2.75) is 44.9 Å². The quantitative estimate of drug-likeness (QED) is 0.873. The third-order valence-corrected chi connectivity index (χ3v) is 5.04. The SMILES string of the molecule is O=C(Nc1ccc(OCC2CCCCC2)cc1)C1CCNCC1. The van der Waals surface area contributed by atoms with Crippen molar-refractivity contribution < 1.29 is 9.53 Å². The Bertz CT molecular complexity index is 489. The van der Waals surface area contributed by atoms with Gasteiger partial charge in [-0.15, -0.1) is 0 Å². The molecule has 2 fully saturated rings. The van der Waals surface area contributed by atoms with Crippen LogP contribution in [-0.4, -0.2) is 25.6 Å². The Kier molecular flexibility index (Phi) is 5.92. The normalized spacial score (nSPS) is 20.2. The fourth-order valence-corrected chi connectivity index (χ4v) is 3.53. The van der Waals surface area contributed by atoms with Crippen LogP contribution in [0, 0.1) is 11.8 Å². The first-order valence-corrected chi connectivity index (χ1v) is 9.06. The molecule has 1 aliphatic heterocycles. The molecule has 0 aromatic heterocycles. The molecule has 4 heteroatoms. The van der Waals surface area contributed by atoms with Crippen molar-refractivity contribution in [3.63, 3.8) is 0 Å². The van der Waals surface area contributed by atoms with Gasteiger partial charge in [0.25, 0.3) is 0 Å². The zero-order chi connectivity index (χ0) is 15.9. The van der Waals surface area contributed by atoms with Gasteiger partial charge in [0, 0.05) is 11.6 Å². The zero-order valence-corrected chi connectivity index (χ0v) is 13.9. The average molecular weight is 316 g/mol. The van der Waals surface area contributed by atoms with E-state index < -0.39 is 0 Å². The van der Waals surface area contributed by atoms with Gasteiger partial charge in [0.05, 0.1) is 6.61 Å². The Morgan fingerprint density at radius 3 is 2.43 bits per heavy atom. The summed E-state index contributed by atoms with van der Waals surface area (Å²) in [5, 5.41) is 6.31. The largest absolute Gasteiger partial charge is 0.493 e.